The lowest BCUT2D eigenvalue weighted by molar-refractivity contribution is 0.475. The van der Waals surface area contributed by atoms with Gasteiger partial charge >= 0.3 is 0 Å². The van der Waals surface area contributed by atoms with Crippen molar-refractivity contribution in [2.45, 2.75) is 0 Å². The second-order valence-electron chi connectivity index (χ2n) is 3.19. The van der Waals surface area contributed by atoms with Crippen LogP contribution in [0.4, 0.5) is 11.4 Å². The molecule has 0 aliphatic heterocycles. The van der Waals surface area contributed by atoms with Crippen LogP contribution >= 0.6 is 0 Å². The van der Waals surface area contributed by atoms with Crippen LogP contribution in [0.5, 0.6) is 5.75 Å². The van der Waals surface area contributed by atoms with Crippen LogP contribution in [0, 0.1) is 0 Å². The van der Waals surface area contributed by atoms with E-state index in [0.717, 1.165) is 5.69 Å². The Morgan fingerprint density at radius 2 is 1.56 bits per heavy atom. The first-order valence-electron chi connectivity index (χ1n) is 4.85. The second-order valence-corrected chi connectivity index (χ2v) is 3.19. The van der Waals surface area contributed by atoms with Crippen molar-refractivity contribution in [3.8, 4) is 5.75 Å². The van der Waals surface area contributed by atoms with E-state index in [1.807, 2.05) is 30.3 Å². The molecule has 0 fully saturated rings. The molecule has 0 bridgehead atoms. The molecule has 0 aromatic heterocycles. The maximum Gasteiger partial charge on any atom is 0.115 e. The molecule has 2 rings (SSSR count). The Hall–Kier alpha value is -2.36. The molecule has 0 spiro atoms. The van der Waals surface area contributed by atoms with Gasteiger partial charge in [0.15, 0.2) is 0 Å². The zero-order valence-electron chi connectivity index (χ0n) is 8.54. The summed E-state index contributed by atoms with van der Waals surface area (Å²) in [4.78, 5) is 0. The van der Waals surface area contributed by atoms with Crippen LogP contribution in [-0.2, 0) is 0 Å². The third-order valence-corrected chi connectivity index (χ3v) is 1.97. The highest BCUT2D eigenvalue weighted by molar-refractivity contribution is 5.42. The van der Waals surface area contributed by atoms with E-state index in [9.17, 15) is 0 Å². The lowest BCUT2D eigenvalue weighted by Crippen LogP contribution is -1.84. The van der Waals surface area contributed by atoms with Crippen LogP contribution in [0.2, 0.25) is 0 Å². The summed E-state index contributed by atoms with van der Waals surface area (Å²) in [6, 6.07) is 16.1. The van der Waals surface area contributed by atoms with E-state index in [2.05, 4.69) is 15.8 Å². The minimum absolute atomic E-state index is 0.218. The number of anilines is 1. The summed E-state index contributed by atoms with van der Waals surface area (Å²) in [6.07, 6.45) is 0. The molecule has 0 aliphatic rings. The van der Waals surface area contributed by atoms with Gasteiger partial charge in [-0.15, -0.1) is 5.11 Å². The van der Waals surface area contributed by atoms with Gasteiger partial charge < -0.3 is 5.11 Å². The van der Waals surface area contributed by atoms with Gasteiger partial charge in [0.1, 0.15) is 5.75 Å². The van der Waals surface area contributed by atoms with Gasteiger partial charge in [0.2, 0.25) is 0 Å². The molecule has 2 N–H and O–H groups in total. The summed E-state index contributed by atoms with van der Waals surface area (Å²) in [5.41, 5.74) is 4.36. The number of hydrogen-bond acceptors (Lipinski definition) is 3. The van der Waals surface area contributed by atoms with Gasteiger partial charge in [0.05, 0.1) is 11.4 Å². The van der Waals surface area contributed by atoms with Gasteiger partial charge in [-0.2, -0.15) is 0 Å². The van der Waals surface area contributed by atoms with Crippen LogP contribution in [0.25, 0.3) is 0 Å². The van der Waals surface area contributed by atoms with Crippen LogP contribution in [0.15, 0.2) is 64.9 Å². The van der Waals surface area contributed by atoms with E-state index < -0.39 is 0 Å². The van der Waals surface area contributed by atoms with E-state index >= 15 is 0 Å². The summed E-state index contributed by atoms with van der Waals surface area (Å²) >= 11 is 0. The predicted molar refractivity (Wildman–Crippen MR) is 62.7 cm³/mol. The highest BCUT2D eigenvalue weighted by Gasteiger charge is 1.89. The number of nitrogens with zero attached hydrogens (tertiary/aromatic N) is 2. The van der Waals surface area contributed by atoms with Crippen molar-refractivity contribution >= 4 is 11.4 Å². The number of nitrogens with one attached hydrogen (secondary N) is 1. The molecule has 2 aromatic carbocycles. The molecule has 4 nitrogen and oxygen atoms in total. The predicted octanol–water partition coefficient (Wildman–Crippen LogP) is 3.50. The minimum Gasteiger partial charge on any atom is -0.508 e. The molecular formula is C12H11N3O. The highest BCUT2D eigenvalue weighted by Crippen LogP contribution is 2.17. The summed E-state index contributed by atoms with van der Waals surface area (Å²) in [5, 5.41) is 16.9. The fourth-order valence-corrected chi connectivity index (χ4v) is 1.17. The maximum atomic E-state index is 9.07. The maximum absolute atomic E-state index is 9.07. The van der Waals surface area contributed by atoms with Gasteiger partial charge in [0.25, 0.3) is 0 Å². The number of benzene rings is 2. The molecule has 0 saturated heterocycles. The molecule has 16 heavy (non-hydrogen) atoms. The first kappa shape index (κ1) is 10.2. The number of phenols is 1. The number of hydrogen-bond donors (Lipinski definition) is 2. The molecule has 0 radical (unpaired) electrons. The summed E-state index contributed by atoms with van der Waals surface area (Å²) in [7, 11) is 0. The van der Waals surface area contributed by atoms with E-state index in [-0.39, 0.29) is 5.75 Å². The normalized spacial score (nSPS) is 10.5. The van der Waals surface area contributed by atoms with Crippen molar-refractivity contribution in [2.75, 3.05) is 5.43 Å². The first-order valence-corrected chi connectivity index (χ1v) is 4.85. The van der Waals surface area contributed by atoms with Gasteiger partial charge in [-0.3, -0.25) is 5.43 Å². The summed E-state index contributed by atoms with van der Waals surface area (Å²) in [6.45, 7) is 0. The Bertz CT molecular complexity index is 465. The van der Waals surface area contributed by atoms with Crippen molar-refractivity contribution in [3.63, 3.8) is 0 Å². The van der Waals surface area contributed by atoms with Gasteiger partial charge in [-0.25, -0.2) is 0 Å². The van der Waals surface area contributed by atoms with Crippen molar-refractivity contribution in [1.29, 1.82) is 0 Å². The summed E-state index contributed by atoms with van der Waals surface area (Å²) < 4.78 is 0. The largest absolute Gasteiger partial charge is 0.508 e. The van der Waals surface area contributed by atoms with E-state index in [1.54, 1.807) is 24.3 Å². The number of para-hydroxylation sites is 1. The zero-order valence-corrected chi connectivity index (χ0v) is 8.54. The Kier molecular flexibility index (Phi) is 3.13. The Morgan fingerprint density at radius 3 is 2.25 bits per heavy atom. The Morgan fingerprint density at radius 1 is 0.875 bits per heavy atom. The molecule has 2 aromatic rings. The Labute approximate surface area is 93.2 Å². The lowest BCUT2D eigenvalue weighted by Gasteiger charge is -1.97. The topological polar surface area (TPSA) is 57.0 Å². The number of aromatic hydroxyl groups is 1. The van der Waals surface area contributed by atoms with Gasteiger partial charge in [0, 0.05) is 0 Å². The highest BCUT2D eigenvalue weighted by atomic mass is 16.3. The minimum atomic E-state index is 0.218. The van der Waals surface area contributed by atoms with Crippen molar-refractivity contribution in [3.05, 3.63) is 54.6 Å². The van der Waals surface area contributed by atoms with Crippen molar-refractivity contribution in [2.24, 2.45) is 10.3 Å². The van der Waals surface area contributed by atoms with Crippen LogP contribution in [0.1, 0.15) is 0 Å². The quantitative estimate of drug-likeness (QED) is 0.605. The van der Waals surface area contributed by atoms with E-state index in [4.69, 9.17) is 5.11 Å². The lowest BCUT2D eigenvalue weighted by atomic mass is 10.3. The smallest absolute Gasteiger partial charge is 0.115 e. The van der Waals surface area contributed by atoms with Gasteiger partial charge in [-0.05, 0) is 36.4 Å². The molecule has 0 heterocycles. The third-order valence-electron chi connectivity index (χ3n) is 1.97. The molecule has 80 valence electrons. The Balaban J connectivity index is 1.98. The molecule has 0 saturated carbocycles. The average Bonchev–Trinajstić information content (AvgIpc) is 2.33. The molecule has 0 atom stereocenters. The SMILES string of the molecule is Oc1ccc(N=NNc2ccccc2)cc1. The zero-order chi connectivity index (χ0) is 11.2. The number of phenolic OH excluding ortho intramolecular Hbond substituents is 1. The molecular weight excluding hydrogens is 202 g/mol. The first-order chi connectivity index (χ1) is 7.84. The molecule has 0 aliphatic carbocycles. The molecule has 4 heteroatoms. The summed E-state index contributed by atoms with van der Waals surface area (Å²) in [5.74, 6) is 0.218. The second kappa shape index (κ2) is 4.93. The molecule has 0 amide bonds. The fourth-order valence-electron chi connectivity index (χ4n) is 1.17. The van der Waals surface area contributed by atoms with Gasteiger partial charge in [-0.1, -0.05) is 23.4 Å². The van der Waals surface area contributed by atoms with Crippen molar-refractivity contribution in [1.82, 2.24) is 0 Å². The van der Waals surface area contributed by atoms with Crippen LogP contribution < -0.4 is 5.43 Å². The van der Waals surface area contributed by atoms with Crippen LogP contribution in [-0.4, -0.2) is 5.11 Å². The van der Waals surface area contributed by atoms with E-state index in [0.29, 0.717) is 5.69 Å². The number of rotatable bonds is 3. The van der Waals surface area contributed by atoms with Crippen molar-refractivity contribution < 1.29 is 5.11 Å². The monoisotopic (exact) mass is 213 g/mol. The molecule has 0 unspecified atom stereocenters. The third kappa shape index (κ3) is 2.81. The van der Waals surface area contributed by atoms with Crippen LogP contribution in [0.3, 0.4) is 0 Å². The average molecular weight is 213 g/mol. The van der Waals surface area contributed by atoms with E-state index in [1.165, 1.54) is 0 Å². The fraction of sp³-hybridized carbons (Fsp3) is 0. The standard InChI is InChI=1S/C12H11N3O/c16-12-8-6-11(7-9-12)14-15-13-10-4-2-1-3-5-10/h1-9,16H,(H,13,14).